The van der Waals surface area contributed by atoms with Gasteiger partial charge < -0.3 is 18.6 Å². The smallest absolute Gasteiger partial charge is 0.143 e. The van der Waals surface area contributed by atoms with Gasteiger partial charge in [-0.15, -0.1) is 0 Å². The van der Waals surface area contributed by atoms with Crippen LogP contribution in [0.3, 0.4) is 0 Å². The molecule has 23 aromatic rings. The first-order valence-corrected chi connectivity index (χ1v) is 37.8. The van der Waals surface area contributed by atoms with Crippen LogP contribution in [-0.2, 0) is 0 Å². The van der Waals surface area contributed by atoms with Crippen LogP contribution in [0.2, 0.25) is 0 Å². The molecule has 23 rings (SSSR count). The number of nitrogens with zero attached hydrogens (tertiary/aromatic N) is 2. The summed E-state index contributed by atoms with van der Waals surface area (Å²) in [4.78, 5) is 4.83. The standard InChI is InChI=1S/C56H35NO.C50H31NO/c1-3-14-42-39(12-1)34-52(46-18-6-5-16-44(42)46)38-26-24-36(25-27-38)37-28-30-41(31-29-37)57(54-35-40-13-2-4-15-43(40)45-17-7-8-19-47(45)54)53-22-11-21-50-48(53)32-33-51-49-20-9-10-23-55(49)58-56(50)51;1-3-12-38-32(10-1)20-21-35-30-37(26-27-40(35)38)51(48-18-9-17-45-43(48)28-29-46-44-16-7-8-19-49(44)52-50(45)46)36-24-22-33(23-25-36)47-31-34-11-2-4-13-39(34)41-14-5-6-15-42(41)47/h1-35H;1-31H. The highest BCUT2D eigenvalue weighted by molar-refractivity contribution is 6.22. The highest BCUT2D eigenvalue weighted by atomic mass is 16.3. The summed E-state index contributed by atoms with van der Waals surface area (Å²) in [6.45, 7) is 0. The van der Waals surface area contributed by atoms with Crippen molar-refractivity contribution in [3.05, 3.63) is 400 Å². The van der Waals surface area contributed by atoms with Crippen LogP contribution in [0.4, 0.5) is 34.1 Å². The van der Waals surface area contributed by atoms with Gasteiger partial charge in [0.1, 0.15) is 22.3 Å². The van der Waals surface area contributed by atoms with E-state index in [0.717, 1.165) is 99.5 Å². The molecule has 2 aromatic heterocycles. The third kappa shape index (κ3) is 10.3. The second-order valence-corrected chi connectivity index (χ2v) is 28.9. The van der Waals surface area contributed by atoms with Crippen LogP contribution in [0.15, 0.2) is 409 Å². The Labute approximate surface area is 634 Å². The molecular formula is C106H66N2O2. The monoisotopic (exact) mass is 1400 g/mol. The van der Waals surface area contributed by atoms with Crippen LogP contribution in [-0.4, -0.2) is 0 Å². The zero-order valence-corrected chi connectivity index (χ0v) is 59.8. The molecule has 0 aliphatic carbocycles. The summed E-state index contributed by atoms with van der Waals surface area (Å²) < 4.78 is 13.1. The lowest BCUT2D eigenvalue weighted by molar-refractivity contribution is 0.672. The van der Waals surface area contributed by atoms with Gasteiger partial charge in [0.05, 0.1) is 17.1 Å². The first-order valence-electron chi connectivity index (χ1n) is 37.8. The van der Waals surface area contributed by atoms with Crippen molar-refractivity contribution >= 4 is 186 Å². The van der Waals surface area contributed by atoms with Gasteiger partial charge in [0.2, 0.25) is 0 Å². The average molecular weight is 1400 g/mol. The Balaban J connectivity index is 0.000000136. The van der Waals surface area contributed by atoms with Gasteiger partial charge in [-0.05, 0) is 205 Å². The summed E-state index contributed by atoms with van der Waals surface area (Å²) in [5.41, 5.74) is 17.5. The maximum absolute atomic E-state index is 6.56. The maximum Gasteiger partial charge on any atom is 0.143 e. The van der Waals surface area contributed by atoms with Gasteiger partial charge in [0.25, 0.3) is 0 Å². The van der Waals surface area contributed by atoms with E-state index in [1.165, 1.54) is 120 Å². The predicted octanol–water partition coefficient (Wildman–Crippen LogP) is 30.6. The molecule has 0 aliphatic rings. The first-order chi connectivity index (χ1) is 54.5. The van der Waals surface area contributed by atoms with Gasteiger partial charge >= 0.3 is 0 Å². The van der Waals surface area contributed by atoms with Crippen molar-refractivity contribution in [2.45, 2.75) is 0 Å². The van der Waals surface area contributed by atoms with Crippen LogP contribution in [0, 0.1) is 0 Å². The molecule has 2 heterocycles. The SMILES string of the molecule is c1ccc2c(c1)cc(-c1ccc(-c3ccc(N(c4cc5ccccc5c5ccccc45)c4cccc5c4ccc4c6ccccc6oc54)cc3)cc1)c1ccccc12.c1ccc2c(c1)ccc1cc(N(c3ccc(-c4cc5ccccc5c5ccccc45)cc3)c3cccc4c3ccc3c5ccccc5oc43)ccc12. The Hall–Kier alpha value is -14.6. The third-order valence-electron chi connectivity index (χ3n) is 22.8. The van der Waals surface area contributed by atoms with Crippen LogP contribution in [0.5, 0.6) is 0 Å². The fourth-order valence-corrected chi connectivity index (χ4v) is 17.7. The lowest BCUT2D eigenvalue weighted by Crippen LogP contribution is -2.11. The van der Waals surface area contributed by atoms with Crippen LogP contribution < -0.4 is 9.80 Å². The van der Waals surface area contributed by atoms with Crippen molar-refractivity contribution in [1.29, 1.82) is 0 Å². The second kappa shape index (κ2) is 25.6. The minimum absolute atomic E-state index is 0.905. The van der Waals surface area contributed by atoms with E-state index >= 15 is 0 Å². The van der Waals surface area contributed by atoms with E-state index in [1.54, 1.807) is 0 Å². The Morgan fingerprint density at radius 2 is 0.455 bits per heavy atom. The van der Waals surface area contributed by atoms with E-state index < -0.39 is 0 Å². The topological polar surface area (TPSA) is 32.8 Å². The van der Waals surface area contributed by atoms with Crippen molar-refractivity contribution in [3.8, 4) is 33.4 Å². The average Bonchev–Trinajstić information content (AvgIpc) is 1.39. The summed E-state index contributed by atoms with van der Waals surface area (Å²) in [7, 11) is 0. The predicted molar refractivity (Wildman–Crippen MR) is 468 cm³/mol. The largest absolute Gasteiger partial charge is 0.455 e. The number of rotatable bonds is 9. The fraction of sp³-hybridized carbons (Fsp3) is 0. The Kier molecular flexibility index (Phi) is 14.6. The normalized spacial score (nSPS) is 11.8. The molecule has 0 saturated heterocycles. The fourth-order valence-electron chi connectivity index (χ4n) is 17.7. The molecule has 21 aromatic carbocycles. The van der Waals surface area contributed by atoms with E-state index in [-0.39, 0.29) is 0 Å². The number of furan rings is 2. The number of benzene rings is 21. The van der Waals surface area contributed by atoms with Gasteiger partial charge in [0, 0.05) is 65.5 Å². The van der Waals surface area contributed by atoms with Crippen molar-refractivity contribution < 1.29 is 8.83 Å². The van der Waals surface area contributed by atoms with Crippen LogP contribution >= 0.6 is 0 Å². The summed E-state index contributed by atoms with van der Waals surface area (Å²) in [5.74, 6) is 0. The Bertz CT molecular complexity index is 7660. The molecule has 512 valence electrons. The van der Waals surface area contributed by atoms with E-state index in [2.05, 4.69) is 398 Å². The van der Waals surface area contributed by atoms with E-state index in [0.29, 0.717) is 0 Å². The zero-order chi connectivity index (χ0) is 72.3. The van der Waals surface area contributed by atoms with Crippen molar-refractivity contribution in [2.75, 3.05) is 9.80 Å². The maximum atomic E-state index is 6.56. The molecule has 0 saturated carbocycles. The highest BCUT2D eigenvalue weighted by Crippen LogP contribution is 2.49. The van der Waals surface area contributed by atoms with E-state index in [9.17, 15) is 0 Å². The molecule has 0 unspecified atom stereocenters. The quantitative estimate of drug-likeness (QED) is 0.135. The Morgan fingerprint density at radius 1 is 0.155 bits per heavy atom. The van der Waals surface area contributed by atoms with Gasteiger partial charge in [-0.3, -0.25) is 0 Å². The summed E-state index contributed by atoms with van der Waals surface area (Å²) >= 11 is 0. The number of hydrogen-bond acceptors (Lipinski definition) is 4. The first kappa shape index (κ1) is 62.8. The van der Waals surface area contributed by atoms with Crippen molar-refractivity contribution in [1.82, 2.24) is 0 Å². The molecule has 0 aliphatic heterocycles. The number of hydrogen-bond donors (Lipinski definition) is 0. The molecule has 0 N–H and O–H groups in total. The molecule has 0 amide bonds. The molecule has 0 radical (unpaired) electrons. The van der Waals surface area contributed by atoms with Crippen molar-refractivity contribution in [2.24, 2.45) is 0 Å². The minimum atomic E-state index is 0.905. The molecule has 4 nitrogen and oxygen atoms in total. The van der Waals surface area contributed by atoms with Gasteiger partial charge in [-0.25, -0.2) is 0 Å². The van der Waals surface area contributed by atoms with E-state index in [4.69, 9.17) is 8.83 Å². The van der Waals surface area contributed by atoms with E-state index in [1.807, 2.05) is 12.1 Å². The Morgan fingerprint density at radius 3 is 0.973 bits per heavy atom. The zero-order valence-electron chi connectivity index (χ0n) is 59.8. The van der Waals surface area contributed by atoms with Crippen LogP contribution in [0.25, 0.3) is 185 Å². The molecule has 4 heteroatoms. The lowest BCUT2D eigenvalue weighted by atomic mass is 9.92. The summed E-state index contributed by atoms with van der Waals surface area (Å²) in [6, 6.07) is 145. The second-order valence-electron chi connectivity index (χ2n) is 28.9. The molecule has 110 heavy (non-hydrogen) atoms. The molecule has 0 atom stereocenters. The van der Waals surface area contributed by atoms with Crippen molar-refractivity contribution in [3.63, 3.8) is 0 Å². The summed E-state index contributed by atoms with van der Waals surface area (Å²) in [5, 5.41) is 29.0. The van der Waals surface area contributed by atoms with Gasteiger partial charge in [0.15, 0.2) is 0 Å². The highest BCUT2D eigenvalue weighted by Gasteiger charge is 2.24. The third-order valence-corrected chi connectivity index (χ3v) is 22.8. The molecule has 0 spiro atoms. The minimum Gasteiger partial charge on any atom is -0.455 e. The number of fused-ring (bicyclic) bond motifs is 22. The number of para-hydroxylation sites is 2. The lowest BCUT2D eigenvalue weighted by Gasteiger charge is -2.29. The summed E-state index contributed by atoms with van der Waals surface area (Å²) in [6.07, 6.45) is 0. The van der Waals surface area contributed by atoms with Crippen LogP contribution in [0.1, 0.15) is 0 Å². The molecule has 0 bridgehead atoms. The van der Waals surface area contributed by atoms with Gasteiger partial charge in [-0.1, -0.05) is 309 Å². The molecular weight excluding hydrogens is 1330 g/mol. The van der Waals surface area contributed by atoms with Gasteiger partial charge in [-0.2, -0.15) is 0 Å². The molecule has 0 fully saturated rings. The number of anilines is 6.